The van der Waals surface area contributed by atoms with Crippen molar-refractivity contribution in [2.24, 2.45) is 5.92 Å². The van der Waals surface area contributed by atoms with Crippen molar-refractivity contribution in [1.82, 2.24) is 5.32 Å². The van der Waals surface area contributed by atoms with Crippen molar-refractivity contribution in [3.8, 4) is 0 Å². The van der Waals surface area contributed by atoms with Crippen LogP contribution in [0.4, 0.5) is 0 Å². The molecule has 1 atom stereocenters. The monoisotopic (exact) mass is 265 g/mol. The Bertz CT molecular complexity index is 369. The van der Waals surface area contributed by atoms with E-state index >= 15 is 0 Å². The van der Waals surface area contributed by atoms with E-state index in [0.29, 0.717) is 12.1 Å². The lowest BCUT2D eigenvalue weighted by atomic mass is 9.84. The highest BCUT2D eigenvalue weighted by molar-refractivity contribution is 6.31. The van der Waals surface area contributed by atoms with Gasteiger partial charge in [0.15, 0.2) is 0 Å². The minimum atomic E-state index is 0.349. The Balaban J connectivity index is 1.89. The summed E-state index contributed by atoms with van der Waals surface area (Å²) in [4.78, 5) is 0. The molecule has 18 heavy (non-hydrogen) atoms. The van der Waals surface area contributed by atoms with Crippen molar-refractivity contribution in [3.63, 3.8) is 0 Å². The lowest BCUT2D eigenvalue weighted by molar-refractivity contribution is 0.273. The molecule has 0 heterocycles. The van der Waals surface area contributed by atoms with Gasteiger partial charge in [-0.25, -0.2) is 0 Å². The van der Waals surface area contributed by atoms with Gasteiger partial charge in [-0.15, -0.1) is 0 Å². The van der Waals surface area contributed by atoms with Crippen LogP contribution in [0.1, 0.15) is 57.6 Å². The van der Waals surface area contributed by atoms with E-state index in [1.807, 2.05) is 12.1 Å². The molecule has 2 rings (SSSR count). The van der Waals surface area contributed by atoms with Gasteiger partial charge in [-0.1, -0.05) is 43.1 Å². The molecule has 0 aliphatic heterocycles. The molecule has 2 heteroatoms. The Kier molecular flexibility index (Phi) is 5.08. The molecule has 100 valence electrons. The smallest absolute Gasteiger partial charge is 0.0453 e. The number of nitrogens with one attached hydrogen (secondary N) is 1. The fourth-order valence-electron chi connectivity index (χ4n) is 3.01. The zero-order valence-electron chi connectivity index (χ0n) is 11.5. The van der Waals surface area contributed by atoms with Crippen LogP contribution in [0.15, 0.2) is 24.3 Å². The summed E-state index contributed by atoms with van der Waals surface area (Å²) in [6, 6.07) is 9.17. The second kappa shape index (κ2) is 6.58. The van der Waals surface area contributed by atoms with Crippen molar-refractivity contribution in [2.75, 3.05) is 0 Å². The van der Waals surface area contributed by atoms with E-state index in [1.165, 1.54) is 37.7 Å². The minimum Gasteiger partial charge on any atom is -0.307 e. The average molecular weight is 266 g/mol. The molecule has 1 fully saturated rings. The number of hydrogen-bond acceptors (Lipinski definition) is 1. The highest BCUT2D eigenvalue weighted by Crippen LogP contribution is 2.29. The topological polar surface area (TPSA) is 12.0 Å². The summed E-state index contributed by atoms with van der Waals surface area (Å²) in [5.41, 5.74) is 1.22. The SMILES string of the molecule is CCC1CCC(N[C@H](C)c2ccccc2Cl)CC1. The van der Waals surface area contributed by atoms with E-state index in [2.05, 4.69) is 31.3 Å². The largest absolute Gasteiger partial charge is 0.307 e. The molecule has 0 bridgehead atoms. The summed E-state index contributed by atoms with van der Waals surface area (Å²) >= 11 is 6.24. The van der Waals surface area contributed by atoms with E-state index < -0.39 is 0 Å². The molecule has 1 aromatic rings. The summed E-state index contributed by atoms with van der Waals surface area (Å²) in [5, 5.41) is 4.61. The van der Waals surface area contributed by atoms with E-state index in [0.717, 1.165) is 10.9 Å². The fourth-order valence-corrected chi connectivity index (χ4v) is 3.31. The zero-order valence-corrected chi connectivity index (χ0v) is 12.2. The predicted molar refractivity (Wildman–Crippen MR) is 79.0 cm³/mol. The van der Waals surface area contributed by atoms with Crippen LogP contribution in [0.5, 0.6) is 0 Å². The lowest BCUT2D eigenvalue weighted by Gasteiger charge is -2.31. The van der Waals surface area contributed by atoms with Crippen LogP contribution in [0.3, 0.4) is 0 Å². The van der Waals surface area contributed by atoms with Crippen molar-refractivity contribution >= 4 is 11.6 Å². The molecule has 0 unspecified atom stereocenters. The standard InChI is InChI=1S/C16H24ClN/c1-3-13-8-10-14(11-9-13)18-12(2)15-6-4-5-7-16(15)17/h4-7,12-14,18H,3,8-11H2,1-2H3/t12-,13?,14?/m1/s1. The number of rotatable bonds is 4. The van der Waals surface area contributed by atoms with Crippen LogP contribution in [0.25, 0.3) is 0 Å². The van der Waals surface area contributed by atoms with E-state index in [9.17, 15) is 0 Å². The lowest BCUT2D eigenvalue weighted by Crippen LogP contribution is -2.35. The normalized spacial score (nSPS) is 25.9. The summed E-state index contributed by atoms with van der Waals surface area (Å²) in [6.45, 7) is 4.53. The van der Waals surface area contributed by atoms with Gasteiger partial charge in [0.05, 0.1) is 0 Å². The maximum Gasteiger partial charge on any atom is 0.0453 e. The van der Waals surface area contributed by atoms with Crippen LogP contribution in [-0.4, -0.2) is 6.04 Å². The van der Waals surface area contributed by atoms with Crippen molar-refractivity contribution in [1.29, 1.82) is 0 Å². The van der Waals surface area contributed by atoms with Crippen molar-refractivity contribution in [2.45, 2.75) is 58.0 Å². The number of hydrogen-bond donors (Lipinski definition) is 1. The quantitative estimate of drug-likeness (QED) is 0.811. The molecule has 1 N–H and O–H groups in total. The number of halogens is 1. The Hall–Kier alpha value is -0.530. The molecule has 1 aliphatic rings. The van der Waals surface area contributed by atoms with Crippen molar-refractivity contribution in [3.05, 3.63) is 34.9 Å². The summed E-state index contributed by atoms with van der Waals surface area (Å²) in [5.74, 6) is 0.957. The molecule has 0 saturated heterocycles. The van der Waals surface area contributed by atoms with Crippen LogP contribution < -0.4 is 5.32 Å². The minimum absolute atomic E-state index is 0.349. The van der Waals surface area contributed by atoms with E-state index in [1.54, 1.807) is 0 Å². The second-order valence-corrected chi connectivity index (χ2v) is 5.94. The number of benzene rings is 1. The average Bonchev–Trinajstić information content (AvgIpc) is 2.40. The maximum atomic E-state index is 6.24. The Morgan fingerprint density at radius 1 is 1.22 bits per heavy atom. The third kappa shape index (κ3) is 3.49. The van der Waals surface area contributed by atoms with Gasteiger partial charge >= 0.3 is 0 Å². The van der Waals surface area contributed by atoms with Crippen LogP contribution >= 0.6 is 11.6 Å². The Morgan fingerprint density at radius 2 is 1.89 bits per heavy atom. The van der Waals surface area contributed by atoms with E-state index in [4.69, 9.17) is 11.6 Å². The van der Waals surface area contributed by atoms with Gasteiger partial charge in [0.25, 0.3) is 0 Å². The van der Waals surface area contributed by atoms with E-state index in [-0.39, 0.29) is 0 Å². The highest BCUT2D eigenvalue weighted by Gasteiger charge is 2.21. The van der Waals surface area contributed by atoms with Gasteiger partial charge < -0.3 is 5.32 Å². The first kappa shape index (κ1) is 13.9. The van der Waals surface area contributed by atoms with Gasteiger partial charge in [-0.2, -0.15) is 0 Å². The van der Waals surface area contributed by atoms with Crippen molar-refractivity contribution < 1.29 is 0 Å². The maximum absolute atomic E-state index is 6.24. The van der Waals surface area contributed by atoms with Gasteiger partial charge in [-0.3, -0.25) is 0 Å². The molecule has 0 amide bonds. The molecule has 1 aromatic carbocycles. The third-order valence-electron chi connectivity index (χ3n) is 4.28. The first-order chi connectivity index (χ1) is 8.70. The van der Waals surface area contributed by atoms with Gasteiger partial charge in [-0.05, 0) is 50.2 Å². The molecular weight excluding hydrogens is 242 g/mol. The zero-order chi connectivity index (χ0) is 13.0. The summed E-state index contributed by atoms with van der Waals surface area (Å²) in [7, 11) is 0. The first-order valence-corrected chi connectivity index (χ1v) is 7.59. The molecular formula is C16H24ClN. The third-order valence-corrected chi connectivity index (χ3v) is 4.63. The molecule has 1 saturated carbocycles. The van der Waals surface area contributed by atoms with Crippen LogP contribution in [0.2, 0.25) is 5.02 Å². The van der Waals surface area contributed by atoms with Gasteiger partial charge in [0.1, 0.15) is 0 Å². The Morgan fingerprint density at radius 3 is 2.50 bits per heavy atom. The fraction of sp³-hybridized carbons (Fsp3) is 0.625. The second-order valence-electron chi connectivity index (χ2n) is 5.54. The predicted octanol–water partition coefficient (Wildman–Crippen LogP) is 4.96. The summed E-state index contributed by atoms with van der Waals surface area (Å²) in [6.07, 6.45) is 6.72. The molecule has 1 nitrogen and oxygen atoms in total. The summed E-state index contributed by atoms with van der Waals surface area (Å²) < 4.78 is 0. The molecule has 0 aromatic heterocycles. The molecule has 1 aliphatic carbocycles. The van der Waals surface area contributed by atoms with Gasteiger partial charge in [0.2, 0.25) is 0 Å². The molecule has 0 radical (unpaired) electrons. The highest BCUT2D eigenvalue weighted by atomic mass is 35.5. The van der Waals surface area contributed by atoms with Crippen LogP contribution in [0, 0.1) is 5.92 Å². The Labute approximate surface area is 116 Å². The van der Waals surface area contributed by atoms with Gasteiger partial charge in [0, 0.05) is 17.1 Å². The first-order valence-electron chi connectivity index (χ1n) is 7.21. The molecule has 0 spiro atoms. The van der Waals surface area contributed by atoms with Crippen LogP contribution in [-0.2, 0) is 0 Å².